The van der Waals surface area contributed by atoms with Gasteiger partial charge in [-0.2, -0.15) is 4.98 Å². The van der Waals surface area contributed by atoms with Gasteiger partial charge in [0.15, 0.2) is 0 Å². The Labute approximate surface area is 106 Å². The van der Waals surface area contributed by atoms with E-state index in [-0.39, 0.29) is 11.6 Å². The van der Waals surface area contributed by atoms with Crippen LogP contribution in [0.5, 0.6) is 5.88 Å². The molecule has 1 aliphatic carbocycles. The minimum Gasteiger partial charge on any atom is -0.472 e. The van der Waals surface area contributed by atoms with Crippen molar-refractivity contribution in [1.82, 2.24) is 4.98 Å². The highest BCUT2D eigenvalue weighted by atomic mass is 16.6. The Morgan fingerprint density at radius 1 is 1.56 bits per heavy atom. The van der Waals surface area contributed by atoms with Crippen LogP contribution in [-0.4, -0.2) is 23.1 Å². The standard InChI is InChI=1S/C12H17N3O3/c1-2-7-13-11-6-5-10(15(16)17)12(14-11)18-8-9-3-4-9/h5-6,9H,2-4,7-8H2,1H3,(H,13,14). The minimum atomic E-state index is -0.459. The summed E-state index contributed by atoms with van der Waals surface area (Å²) in [7, 11) is 0. The van der Waals surface area contributed by atoms with Crippen LogP contribution in [0.15, 0.2) is 12.1 Å². The molecule has 0 aliphatic heterocycles. The molecule has 1 fully saturated rings. The van der Waals surface area contributed by atoms with Gasteiger partial charge in [-0.3, -0.25) is 10.1 Å². The lowest BCUT2D eigenvalue weighted by molar-refractivity contribution is -0.386. The van der Waals surface area contributed by atoms with Crippen molar-refractivity contribution in [2.24, 2.45) is 5.92 Å². The van der Waals surface area contributed by atoms with Crippen LogP contribution in [0.4, 0.5) is 11.5 Å². The Kier molecular flexibility index (Phi) is 3.96. The van der Waals surface area contributed by atoms with Crippen LogP contribution in [0.25, 0.3) is 0 Å². The second-order valence-corrected chi connectivity index (χ2v) is 4.46. The molecule has 6 heteroatoms. The highest BCUT2D eigenvalue weighted by molar-refractivity contribution is 5.49. The summed E-state index contributed by atoms with van der Waals surface area (Å²) in [5.74, 6) is 1.28. The van der Waals surface area contributed by atoms with Gasteiger partial charge in [-0.15, -0.1) is 0 Å². The number of nitrogens with one attached hydrogen (secondary N) is 1. The molecule has 1 aromatic rings. The zero-order valence-corrected chi connectivity index (χ0v) is 10.4. The zero-order chi connectivity index (χ0) is 13.0. The zero-order valence-electron chi connectivity index (χ0n) is 10.4. The average Bonchev–Trinajstić information content (AvgIpc) is 3.17. The van der Waals surface area contributed by atoms with E-state index < -0.39 is 4.92 Å². The van der Waals surface area contributed by atoms with Crippen LogP contribution < -0.4 is 10.1 Å². The fraction of sp³-hybridized carbons (Fsp3) is 0.583. The molecule has 98 valence electrons. The predicted molar refractivity (Wildman–Crippen MR) is 67.9 cm³/mol. The third kappa shape index (κ3) is 3.32. The first-order chi connectivity index (χ1) is 8.70. The summed E-state index contributed by atoms with van der Waals surface area (Å²) in [5.41, 5.74) is -0.0716. The number of nitrogens with zero attached hydrogens (tertiary/aromatic N) is 2. The van der Waals surface area contributed by atoms with Gasteiger partial charge in [-0.1, -0.05) is 6.92 Å². The van der Waals surface area contributed by atoms with Crippen LogP contribution in [0.1, 0.15) is 26.2 Å². The van der Waals surface area contributed by atoms with Gasteiger partial charge in [0.1, 0.15) is 5.82 Å². The summed E-state index contributed by atoms with van der Waals surface area (Å²) < 4.78 is 5.45. The van der Waals surface area contributed by atoms with E-state index in [9.17, 15) is 10.1 Å². The Bertz CT molecular complexity index is 433. The maximum atomic E-state index is 10.9. The van der Waals surface area contributed by atoms with Crippen LogP contribution in [0, 0.1) is 16.0 Å². The first-order valence-corrected chi connectivity index (χ1v) is 6.22. The second-order valence-electron chi connectivity index (χ2n) is 4.46. The van der Waals surface area contributed by atoms with E-state index >= 15 is 0 Å². The van der Waals surface area contributed by atoms with Crippen molar-refractivity contribution in [1.29, 1.82) is 0 Å². The molecule has 0 atom stereocenters. The molecule has 0 bridgehead atoms. The van der Waals surface area contributed by atoms with E-state index in [1.807, 2.05) is 6.92 Å². The summed E-state index contributed by atoms with van der Waals surface area (Å²) in [4.78, 5) is 14.6. The highest BCUT2D eigenvalue weighted by Crippen LogP contribution is 2.32. The molecule has 18 heavy (non-hydrogen) atoms. The number of anilines is 1. The molecular formula is C12H17N3O3. The van der Waals surface area contributed by atoms with Crippen molar-refractivity contribution in [3.63, 3.8) is 0 Å². The lowest BCUT2D eigenvalue weighted by atomic mass is 10.3. The molecule has 0 saturated heterocycles. The van der Waals surface area contributed by atoms with E-state index in [4.69, 9.17) is 4.74 Å². The SMILES string of the molecule is CCCNc1ccc([N+](=O)[O-])c(OCC2CC2)n1. The van der Waals surface area contributed by atoms with Crippen molar-refractivity contribution in [2.45, 2.75) is 26.2 Å². The first-order valence-electron chi connectivity index (χ1n) is 6.22. The molecule has 0 unspecified atom stereocenters. The van der Waals surface area contributed by atoms with Gasteiger partial charge in [0.05, 0.1) is 11.5 Å². The predicted octanol–water partition coefficient (Wildman–Crippen LogP) is 2.60. The second kappa shape index (κ2) is 5.66. The molecule has 1 saturated carbocycles. The molecule has 0 spiro atoms. The lowest BCUT2D eigenvalue weighted by Gasteiger charge is -2.08. The number of aromatic nitrogens is 1. The van der Waals surface area contributed by atoms with Crippen molar-refractivity contribution in [3.8, 4) is 5.88 Å². The summed E-state index contributed by atoms with van der Waals surface area (Å²) in [6, 6.07) is 3.05. The highest BCUT2D eigenvalue weighted by Gasteiger charge is 2.25. The van der Waals surface area contributed by atoms with Gasteiger partial charge in [-0.05, 0) is 31.2 Å². The fourth-order valence-corrected chi connectivity index (χ4v) is 1.51. The van der Waals surface area contributed by atoms with E-state index in [2.05, 4.69) is 10.3 Å². The third-order valence-electron chi connectivity index (χ3n) is 2.75. The molecular weight excluding hydrogens is 234 g/mol. The summed E-state index contributed by atoms with van der Waals surface area (Å²) in [6.45, 7) is 3.35. The number of rotatable bonds is 7. The number of hydrogen-bond donors (Lipinski definition) is 1. The summed E-state index contributed by atoms with van der Waals surface area (Å²) in [6.07, 6.45) is 3.25. The van der Waals surface area contributed by atoms with Crippen molar-refractivity contribution in [3.05, 3.63) is 22.2 Å². The van der Waals surface area contributed by atoms with Crippen LogP contribution in [-0.2, 0) is 0 Å². The average molecular weight is 251 g/mol. The molecule has 0 amide bonds. The summed E-state index contributed by atoms with van der Waals surface area (Å²) >= 11 is 0. The Hall–Kier alpha value is -1.85. The fourth-order valence-electron chi connectivity index (χ4n) is 1.51. The van der Waals surface area contributed by atoms with Gasteiger partial charge in [0, 0.05) is 12.6 Å². The first kappa shape index (κ1) is 12.6. The van der Waals surface area contributed by atoms with Crippen molar-refractivity contribution < 1.29 is 9.66 Å². The maximum Gasteiger partial charge on any atom is 0.331 e. The monoisotopic (exact) mass is 251 g/mol. The van der Waals surface area contributed by atoms with Gasteiger partial charge in [-0.25, -0.2) is 0 Å². The summed E-state index contributed by atoms with van der Waals surface area (Å²) in [5, 5.41) is 14.0. The molecule has 0 aromatic carbocycles. The molecule has 1 aromatic heterocycles. The minimum absolute atomic E-state index is 0.0716. The molecule has 1 heterocycles. The van der Waals surface area contributed by atoms with Crippen LogP contribution in [0.3, 0.4) is 0 Å². The number of nitro groups is 1. The largest absolute Gasteiger partial charge is 0.472 e. The molecule has 0 radical (unpaired) electrons. The topological polar surface area (TPSA) is 77.3 Å². The maximum absolute atomic E-state index is 10.9. The van der Waals surface area contributed by atoms with Crippen LogP contribution in [0.2, 0.25) is 0 Å². The lowest BCUT2D eigenvalue weighted by Crippen LogP contribution is -2.07. The van der Waals surface area contributed by atoms with Crippen molar-refractivity contribution >= 4 is 11.5 Å². The smallest absolute Gasteiger partial charge is 0.331 e. The Morgan fingerprint density at radius 3 is 2.94 bits per heavy atom. The van der Waals surface area contributed by atoms with Gasteiger partial charge in [0.25, 0.3) is 5.88 Å². The number of hydrogen-bond acceptors (Lipinski definition) is 5. The quantitative estimate of drug-likeness (QED) is 0.595. The molecule has 6 nitrogen and oxygen atoms in total. The molecule has 2 rings (SSSR count). The number of ether oxygens (including phenoxy) is 1. The van der Waals surface area contributed by atoms with E-state index in [0.717, 1.165) is 25.8 Å². The van der Waals surface area contributed by atoms with Crippen molar-refractivity contribution in [2.75, 3.05) is 18.5 Å². The van der Waals surface area contributed by atoms with E-state index in [0.29, 0.717) is 18.3 Å². The third-order valence-corrected chi connectivity index (χ3v) is 2.75. The Balaban J connectivity index is 2.10. The normalized spacial score (nSPS) is 14.3. The molecule has 1 aliphatic rings. The van der Waals surface area contributed by atoms with Gasteiger partial charge in [0.2, 0.25) is 0 Å². The number of pyridine rings is 1. The molecule has 1 N–H and O–H groups in total. The van der Waals surface area contributed by atoms with E-state index in [1.54, 1.807) is 6.07 Å². The van der Waals surface area contributed by atoms with Crippen LogP contribution >= 0.6 is 0 Å². The Morgan fingerprint density at radius 2 is 2.33 bits per heavy atom. The van der Waals surface area contributed by atoms with E-state index in [1.165, 1.54) is 6.07 Å². The van der Waals surface area contributed by atoms with Gasteiger partial charge >= 0.3 is 5.69 Å². The van der Waals surface area contributed by atoms with Gasteiger partial charge < -0.3 is 10.1 Å².